The van der Waals surface area contributed by atoms with Crippen LogP contribution in [0.4, 0.5) is 0 Å². The molecule has 3 heterocycles. The van der Waals surface area contributed by atoms with E-state index in [1.54, 1.807) is 0 Å². The highest BCUT2D eigenvalue weighted by molar-refractivity contribution is 9.10. The van der Waals surface area contributed by atoms with E-state index in [9.17, 15) is 4.79 Å². The normalized spacial score (nSPS) is 17.8. The van der Waals surface area contributed by atoms with Gasteiger partial charge < -0.3 is 9.52 Å². The van der Waals surface area contributed by atoms with Gasteiger partial charge in [-0.05, 0) is 49.7 Å². The predicted molar refractivity (Wildman–Crippen MR) is 101 cm³/mol. The van der Waals surface area contributed by atoms with Crippen LogP contribution >= 0.6 is 15.9 Å². The molecular formula is C19H18BrN3O3. The molecule has 0 unspecified atom stereocenters. The van der Waals surface area contributed by atoms with Gasteiger partial charge in [-0.2, -0.15) is 4.98 Å². The zero-order chi connectivity index (χ0) is 18.3. The van der Waals surface area contributed by atoms with E-state index in [1.165, 1.54) is 0 Å². The number of benzene rings is 1. The predicted octanol–water partition coefficient (Wildman–Crippen LogP) is 3.87. The quantitative estimate of drug-likeness (QED) is 0.696. The van der Waals surface area contributed by atoms with Gasteiger partial charge in [0, 0.05) is 23.1 Å². The molecular weight excluding hydrogens is 398 g/mol. The molecule has 2 aromatic heterocycles. The second kappa shape index (κ2) is 6.81. The highest BCUT2D eigenvalue weighted by atomic mass is 79.9. The lowest BCUT2D eigenvalue weighted by Gasteiger charge is -2.14. The fourth-order valence-electron chi connectivity index (χ4n) is 3.31. The monoisotopic (exact) mass is 415 g/mol. The van der Waals surface area contributed by atoms with E-state index in [0.717, 1.165) is 27.8 Å². The van der Waals surface area contributed by atoms with E-state index in [2.05, 4.69) is 30.8 Å². The lowest BCUT2D eigenvalue weighted by Crippen LogP contribution is -2.23. The van der Waals surface area contributed by atoms with E-state index in [-0.39, 0.29) is 5.92 Å². The molecule has 0 aliphatic carbocycles. The summed E-state index contributed by atoms with van der Waals surface area (Å²) in [5.74, 6) is -0.450. The number of aliphatic carboxylic acids is 1. The Hall–Kier alpha value is -2.25. The van der Waals surface area contributed by atoms with Crippen LogP contribution in [0.15, 0.2) is 39.2 Å². The van der Waals surface area contributed by atoms with Crippen molar-refractivity contribution < 1.29 is 14.3 Å². The molecule has 0 amide bonds. The van der Waals surface area contributed by atoms with E-state index >= 15 is 0 Å². The molecule has 26 heavy (non-hydrogen) atoms. The minimum atomic E-state index is -0.721. The van der Waals surface area contributed by atoms with E-state index in [4.69, 9.17) is 9.52 Å². The number of fused-ring (bicyclic) bond motifs is 1. The van der Waals surface area contributed by atoms with Gasteiger partial charge in [0.15, 0.2) is 11.2 Å². The number of oxazole rings is 1. The SMILES string of the molecule is Cc1c(Br)cccc1-c1nc2nc(CN3CC[C@@H](C(=O)O)C3)ccc2o1. The number of nitrogens with zero attached hydrogens (tertiary/aromatic N) is 3. The number of rotatable bonds is 4. The van der Waals surface area contributed by atoms with Crippen molar-refractivity contribution >= 4 is 33.1 Å². The Bertz CT molecular complexity index is 985. The third kappa shape index (κ3) is 3.24. The highest BCUT2D eigenvalue weighted by Crippen LogP contribution is 2.30. The molecule has 1 saturated heterocycles. The minimum Gasteiger partial charge on any atom is -0.481 e. The number of carboxylic acids is 1. The Labute approximate surface area is 159 Å². The maximum Gasteiger partial charge on any atom is 0.307 e. The van der Waals surface area contributed by atoms with Gasteiger partial charge in [-0.3, -0.25) is 9.69 Å². The largest absolute Gasteiger partial charge is 0.481 e. The first-order chi connectivity index (χ1) is 12.5. The molecule has 1 aliphatic rings. The number of likely N-dealkylation sites (tertiary alicyclic amines) is 1. The van der Waals surface area contributed by atoms with Crippen LogP contribution in [-0.2, 0) is 11.3 Å². The van der Waals surface area contributed by atoms with Crippen LogP contribution in [0.25, 0.3) is 22.7 Å². The van der Waals surface area contributed by atoms with Crippen molar-refractivity contribution in [2.45, 2.75) is 19.9 Å². The number of pyridine rings is 1. The van der Waals surface area contributed by atoms with Gasteiger partial charge in [0.1, 0.15) is 0 Å². The van der Waals surface area contributed by atoms with Gasteiger partial charge in [-0.15, -0.1) is 0 Å². The van der Waals surface area contributed by atoms with Crippen molar-refractivity contribution in [3.63, 3.8) is 0 Å². The van der Waals surface area contributed by atoms with Crippen molar-refractivity contribution in [1.82, 2.24) is 14.9 Å². The maximum atomic E-state index is 11.1. The van der Waals surface area contributed by atoms with Crippen LogP contribution < -0.4 is 0 Å². The van der Waals surface area contributed by atoms with Crippen LogP contribution in [0.1, 0.15) is 17.7 Å². The number of carboxylic acid groups (broad SMARTS) is 1. The van der Waals surface area contributed by atoms with E-state index in [0.29, 0.717) is 36.6 Å². The first-order valence-corrected chi connectivity index (χ1v) is 9.27. The highest BCUT2D eigenvalue weighted by Gasteiger charge is 2.28. The van der Waals surface area contributed by atoms with Crippen molar-refractivity contribution in [2.75, 3.05) is 13.1 Å². The number of aromatic nitrogens is 2. The Morgan fingerprint density at radius 3 is 2.96 bits per heavy atom. The smallest absolute Gasteiger partial charge is 0.307 e. The van der Waals surface area contributed by atoms with E-state index < -0.39 is 5.97 Å². The molecule has 1 N–H and O–H groups in total. The molecule has 0 bridgehead atoms. The summed E-state index contributed by atoms with van der Waals surface area (Å²) < 4.78 is 6.88. The van der Waals surface area contributed by atoms with Crippen molar-refractivity contribution in [3.8, 4) is 11.5 Å². The van der Waals surface area contributed by atoms with Crippen LogP contribution in [0, 0.1) is 12.8 Å². The summed E-state index contributed by atoms with van der Waals surface area (Å²) >= 11 is 3.53. The molecule has 4 rings (SSSR count). The van der Waals surface area contributed by atoms with Crippen LogP contribution in [0.2, 0.25) is 0 Å². The Morgan fingerprint density at radius 1 is 1.35 bits per heavy atom. The summed E-state index contributed by atoms with van der Waals surface area (Å²) in [7, 11) is 0. The first-order valence-electron chi connectivity index (χ1n) is 8.48. The fraction of sp³-hybridized carbons (Fsp3) is 0.316. The third-order valence-corrected chi connectivity index (χ3v) is 5.68. The van der Waals surface area contributed by atoms with Gasteiger partial charge in [0.2, 0.25) is 5.89 Å². The summed E-state index contributed by atoms with van der Waals surface area (Å²) in [5, 5.41) is 9.12. The van der Waals surface area contributed by atoms with Gasteiger partial charge >= 0.3 is 5.97 Å². The second-order valence-electron chi connectivity index (χ2n) is 6.61. The van der Waals surface area contributed by atoms with Crippen LogP contribution in [0.3, 0.4) is 0 Å². The van der Waals surface area contributed by atoms with Gasteiger partial charge in [0.25, 0.3) is 0 Å². The molecule has 1 fully saturated rings. The number of carbonyl (C=O) groups is 1. The molecule has 7 heteroatoms. The minimum absolute atomic E-state index is 0.281. The van der Waals surface area contributed by atoms with Gasteiger partial charge in [-0.25, -0.2) is 4.98 Å². The fourth-order valence-corrected chi connectivity index (χ4v) is 3.67. The lowest BCUT2D eigenvalue weighted by atomic mass is 10.1. The average Bonchev–Trinajstić information content (AvgIpc) is 3.24. The molecule has 3 aromatic rings. The van der Waals surface area contributed by atoms with Gasteiger partial charge in [0.05, 0.1) is 11.6 Å². The zero-order valence-corrected chi connectivity index (χ0v) is 15.9. The number of hydrogen-bond donors (Lipinski definition) is 1. The molecule has 0 saturated carbocycles. The Kier molecular flexibility index (Phi) is 4.50. The summed E-state index contributed by atoms with van der Waals surface area (Å²) in [6.45, 7) is 3.98. The zero-order valence-electron chi connectivity index (χ0n) is 14.3. The van der Waals surface area contributed by atoms with E-state index in [1.807, 2.05) is 37.3 Å². The van der Waals surface area contributed by atoms with Crippen LogP contribution in [0.5, 0.6) is 0 Å². The lowest BCUT2D eigenvalue weighted by molar-refractivity contribution is -0.141. The molecule has 134 valence electrons. The second-order valence-corrected chi connectivity index (χ2v) is 7.47. The van der Waals surface area contributed by atoms with Crippen LogP contribution in [-0.4, -0.2) is 39.0 Å². The standard InChI is InChI=1S/C19H18BrN3O3/c1-11-14(3-2-4-15(11)20)18-22-17-16(26-18)6-5-13(21-17)10-23-8-7-12(9-23)19(24)25/h2-6,12H,7-10H2,1H3,(H,24,25)/t12-/m1/s1. The first kappa shape index (κ1) is 17.2. The molecule has 1 aromatic carbocycles. The Morgan fingerprint density at radius 2 is 2.19 bits per heavy atom. The topological polar surface area (TPSA) is 79.5 Å². The van der Waals surface area contributed by atoms with Crippen molar-refractivity contribution in [1.29, 1.82) is 0 Å². The number of halogens is 1. The average molecular weight is 416 g/mol. The maximum absolute atomic E-state index is 11.1. The summed E-state index contributed by atoms with van der Waals surface area (Å²) in [6, 6.07) is 9.71. The molecule has 0 radical (unpaired) electrons. The molecule has 1 aliphatic heterocycles. The summed E-state index contributed by atoms with van der Waals surface area (Å²) in [5.41, 5.74) is 4.09. The summed E-state index contributed by atoms with van der Waals surface area (Å²) in [6.07, 6.45) is 0.688. The van der Waals surface area contributed by atoms with Gasteiger partial charge in [-0.1, -0.05) is 22.0 Å². The molecule has 1 atom stereocenters. The summed E-state index contributed by atoms with van der Waals surface area (Å²) in [4.78, 5) is 22.4. The van der Waals surface area contributed by atoms with Crippen molar-refractivity contribution in [2.24, 2.45) is 5.92 Å². The van der Waals surface area contributed by atoms with Crippen molar-refractivity contribution in [3.05, 3.63) is 46.1 Å². The molecule has 0 spiro atoms. The molecule has 6 nitrogen and oxygen atoms in total. The Balaban J connectivity index is 1.58. The third-order valence-electron chi connectivity index (χ3n) is 4.82. The number of hydrogen-bond acceptors (Lipinski definition) is 5.